The van der Waals surface area contributed by atoms with Crippen LogP contribution in [0.15, 0.2) is 41.3 Å². The Morgan fingerprint density at radius 3 is 2.55 bits per heavy atom. The molecule has 0 bridgehead atoms. The van der Waals surface area contributed by atoms with Gasteiger partial charge < -0.3 is 5.73 Å². The molecule has 0 spiro atoms. The molecule has 0 aromatic heterocycles. The van der Waals surface area contributed by atoms with E-state index in [1.807, 2.05) is 32.0 Å². The van der Waals surface area contributed by atoms with Crippen molar-refractivity contribution in [2.45, 2.75) is 31.0 Å². The molecule has 2 aromatic carbocycles. The average molecular weight is 291 g/mol. The van der Waals surface area contributed by atoms with Crippen LogP contribution in [0.5, 0.6) is 0 Å². The predicted molar refractivity (Wildman–Crippen MR) is 80.3 cm³/mol. The van der Waals surface area contributed by atoms with Crippen LogP contribution in [0.3, 0.4) is 0 Å². The second-order valence-electron chi connectivity index (χ2n) is 4.89. The van der Waals surface area contributed by atoms with Crippen LogP contribution < -0.4 is 5.73 Å². The summed E-state index contributed by atoms with van der Waals surface area (Å²) in [5.41, 5.74) is 8.69. The largest absolute Gasteiger partial charge is 0.326 e. The summed E-state index contributed by atoms with van der Waals surface area (Å²) in [6, 6.07) is 10.7. The van der Waals surface area contributed by atoms with E-state index in [-0.39, 0.29) is 11.6 Å². The van der Waals surface area contributed by atoms with Gasteiger partial charge in [-0.1, -0.05) is 24.3 Å². The third-order valence-electron chi connectivity index (χ3n) is 3.23. The highest BCUT2D eigenvalue weighted by Gasteiger charge is 2.12. The van der Waals surface area contributed by atoms with E-state index in [1.54, 1.807) is 12.1 Å². The summed E-state index contributed by atoms with van der Waals surface area (Å²) in [5.74, 6) is -0.160. The molecule has 2 nitrogen and oxygen atoms in total. The van der Waals surface area contributed by atoms with Crippen LogP contribution in [0.25, 0.3) is 0 Å². The lowest BCUT2D eigenvalue weighted by Crippen LogP contribution is -2.03. The maximum Gasteiger partial charge on any atom is 0.127 e. The lowest BCUT2D eigenvalue weighted by atomic mass is 10.1. The molecule has 2 N–H and O–H groups in total. The van der Waals surface area contributed by atoms with Crippen molar-refractivity contribution in [3.05, 3.63) is 64.5 Å². The Labute approximate surface area is 121 Å². The molecule has 1 unspecified atom stereocenters. The fraction of sp³-hybridized carbons (Fsp3) is 0.250. The summed E-state index contributed by atoms with van der Waals surface area (Å²) in [4.78, 5) is 0.771. The van der Waals surface area contributed by atoms with Gasteiger partial charge in [0.2, 0.25) is 0 Å². The van der Waals surface area contributed by atoms with Crippen LogP contribution in [-0.2, 0) is 23.1 Å². The minimum atomic E-state index is -1.25. The van der Waals surface area contributed by atoms with Crippen molar-refractivity contribution in [3.63, 3.8) is 0 Å². The summed E-state index contributed by atoms with van der Waals surface area (Å²) in [5, 5.41) is 0. The van der Waals surface area contributed by atoms with Gasteiger partial charge in [0.05, 0.1) is 16.6 Å². The zero-order valence-electron chi connectivity index (χ0n) is 11.7. The van der Waals surface area contributed by atoms with Crippen LogP contribution in [0.4, 0.5) is 4.39 Å². The van der Waals surface area contributed by atoms with Gasteiger partial charge in [-0.15, -0.1) is 0 Å². The summed E-state index contributed by atoms with van der Waals surface area (Å²) < 4.78 is 26.3. The fourth-order valence-electron chi connectivity index (χ4n) is 2.01. The molecule has 1 atom stereocenters. The summed E-state index contributed by atoms with van der Waals surface area (Å²) >= 11 is 0. The lowest BCUT2D eigenvalue weighted by molar-refractivity contribution is 0.613. The maximum atomic E-state index is 13.9. The van der Waals surface area contributed by atoms with Gasteiger partial charge in [0, 0.05) is 17.0 Å². The van der Waals surface area contributed by atoms with E-state index in [9.17, 15) is 8.60 Å². The number of halogens is 1. The quantitative estimate of drug-likeness (QED) is 0.940. The van der Waals surface area contributed by atoms with Gasteiger partial charge in [-0.2, -0.15) is 0 Å². The first kappa shape index (κ1) is 14.9. The van der Waals surface area contributed by atoms with Crippen molar-refractivity contribution in [2.75, 3.05) is 0 Å². The number of benzene rings is 2. The number of hydrogen-bond acceptors (Lipinski definition) is 2. The molecule has 0 amide bonds. The summed E-state index contributed by atoms with van der Waals surface area (Å²) in [6.45, 7) is 4.18. The first-order valence-electron chi connectivity index (χ1n) is 6.44. The smallest absolute Gasteiger partial charge is 0.127 e. The molecular weight excluding hydrogens is 273 g/mol. The Bertz CT molecular complexity index is 655. The van der Waals surface area contributed by atoms with Crippen LogP contribution in [-0.4, -0.2) is 4.21 Å². The second kappa shape index (κ2) is 6.29. The summed E-state index contributed by atoms with van der Waals surface area (Å²) in [6.07, 6.45) is 0. The molecule has 0 saturated carbocycles. The highest BCUT2D eigenvalue weighted by atomic mass is 32.2. The first-order valence-corrected chi connectivity index (χ1v) is 7.76. The molecule has 4 heteroatoms. The number of rotatable bonds is 4. The van der Waals surface area contributed by atoms with E-state index in [0.717, 1.165) is 21.6 Å². The van der Waals surface area contributed by atoms with Crippen molar-refractivity contribution in [1.82, 2.24) is 0 Å². The van der Waals surface area contributed by atoms with Gasteiger partial charge in [-0.05, 0) is 42.7 Å². The molecule has 0 aliphatic rings. The minimum absolute atomic E-state index is 0.182. The van der Waals surface area contributed by atoms with E-state index in [4.69, 9.17) is 5.73 Å². The Kier molecular flexibility index (Phi) is 4.68. The third-order valence-corrected chi connectivity index (χ3v) is 4.73. The Morgan fingerprint density at radius 2 is 1.90 bits per heavy atom. The highest BCUT2D eigenvalue weighted by molar-refractivity contribution is 7.84. The van der Waals surface area contributed by atoms with Crippen molar-refractivity contribution in [2.24, 2.45) is 5.73 Å². The number of aryl methyl sites for hydroxylation is 2. The van der Waals surface area contributed by atoms with Crippen LogP contribution in [0, 0.1) is 19.7 Å². The molecule has 0 radical (unpaired) electrons. The van der Waals surface area contributed by atoms with Gasteiger partial charge in [-0.3, -0.25) is 4.21 Å². The molecule has 0 heterocycles. The standard InChI is InChI=1S/C16H18FNOS/c1-11-3-4-12(2)16(7-11)20(19)10-14-6-5-13(9-18)8-15(14)17/h3-8H,9-10,18H2,1-2H3. The van der Waals surface area contributed by atoms with Crippen LogP contribution >= 0.6 is 0 Å². The van der Waals surface area contributed by atoms with E-state index in [2.05, 4.69) is 0 Å². The molecule has 0 aliphatic heterocycles. The maximum absolute atomic E-state index is 13.9. The molecule has 20 heavy (non-hydrogen) atoms. The van der Waals surface area contributed by atoms with Crippen molar-refractivity contribution >= 4 is 10.8 Å². The van der Waals surface area contributed by atoms with Crippen LogP contribution in [0.1, 0.15) is 22.3 Å². The predicted octanol–water partition coefficient (Wildman–Crippen LogP) is 3.21. The molecule has 2 rings (SSSR count). The van der Waals surface area contributed by atoms with Crippen molar-refractivity contribution in [3.8, 4) is 0 Å². The molecule has 0 fully saturated rings. The fourth-order valence-corrected chi connectivity index (χ4v) is 3.42. The Hall–Kier alpha value is -1.52. The molecule has 2 aromatic rings. The molecule has 0 saturated heterocycles. The molecule has 0 aliphatic carbocycles. The lowest BCUT2D eigenvalue weighted by Gasteiger charge is -2.09. The van der Waals surface area contributed by atoms with Gasteiger partial charge >= 0.3 is 0 Å². The SMILES string of the molecule is Cc1ccc(C)c(S(=O)Cc2ccc(CN)cc2F)c1. The minimum Gasteiger partial charge on any atom is -0.326 e. The monoisotopic (exact) mass is 291 g/mol. The molecule has 106 valence electrons. The third kappa shape index (κ3) is 3.32. The van der Waals surface area contributed by atoms with Crippen LogP contribution in [0.2, 0.25) is 0 Å². The second-order valence-corrected chi connectivity index (χ2v) is 6.31. The normalized spacial score (nSPS) is 12.4. The topological polar surface area (TPSA) is 43.1 Å². The van der Waals surface area contributed by atoms with Gasteiger partial charge in [0.15, 0.2) is 0 Å². The number of nitrogens with two attached hydrogens (primary N) is 1. The Balaban J connectivity index is 2.25. The van der Waals surface area contributed by atoms with Gasteiger partial charge in [0.25, 0.3) is 0 Å². The highest BCUT2D eigenvalue weighted by Crippen LogP contribution is 2.20. The van der Waals surface area contributed by atoms with Crippen molar-refractivity contribution in [1.29, 1.82) is 0 Å². The van der Waals surface area contributed by atoms with Crippen molar-refractivity contribution < 1.29 is 8.60 Å². The average Bonchev–Trinajstić information content (AvgIpc) is 2.43. The zero-order valence-corrected chi connectivity index (χ0v) is 12.5. The van der Waals surface area contributed by atoms with Gasteiger partial charge in [-0.25, -0.2) is 4.39 Å². The van der Waals surface area contributed by atoms with E-state index in [1.165, 1.54) is 6.07 Å². The summed E-state index contributed by atoms with van der Waals surface area (Å²) in [7, 11) is -1.25. The van der Waals surface area contributed by atoms with E-state index < -0.39 is 10.8 Å². The Morgan fingerprint density at radius 1 is 1.15 bits per heavy atom. The zero-order chi connectivity index (χ0) is 14.7. The molecular formula is C16H18FNOS. The first-order chi connectivity index (χ1) is 9.51. The van der Waals surface area contributed by atoms with E-state index >= 15 is 0 Å². The van der Waals surface area contributed by atoms with Gasteiger partial charge in [0.1, 0.15) is 5.82 Å². The van der Waals surface area contributed by atoms with E-state index in [0.29, 0.717) is 12.1 Å². The number of hydrogen-bond donors (Lipinski definition) is 1.